The van der Waals surface area contributed by atoms with Gasteiger partial charge in [-0.15, -0.1) is 0 Å². The van der Waals surface area contributed by atoms with E-state index < -0.39 is 5.97 Å². The number of nitrogens with one attached hydrogen (secondary N) is 2. The van der Waals surface area contributed by atoms with Crippen LogP contribution in [-0.4, -0.2) is 95.4 Å². The van der Waals surface area contributed by atoms with Crippen LogP contribution in [0.3, 0.4) is 0 Å². The average molecular weight is 525 g/mol. The Hall–Kier alpha value is -3.81. The van der Waals surface area contributed by atoms with Gasteiger partial charge < -0.3 is 29.3 Å². The first-order valence-corrected chi connectivity index (χ1v) is 12.0. The Labute approximate surface area is 222 Å². The third-order valence-corrected chi connectivity index (χ3v) is 4.78. The standard InChI is InChI=1S/C25H32BN5O7/c26-38-19-27-9-1-11-35-13-15-37-16-14-36-12-2-10-28-24(32)22-7-8-23(29-18-22)31-30-17-20-3-5-21(6-4-20)25(33)34/h3-8,17-19H,1-2,9-16H2,(H,28,32)(H,29,31)(H,33,34)/b27-19?,30-17+. The number of aromatic carboxylic acids is 1. The molecule has 0 atom stereocenters. The van der Waals surface area contributed by atoms with Gasteiger partial charge in [0, 0.05) is 32.5 Å². The zero-order valence-electron chi connectivity index (χ0n) is 21.1. The number of amides is 1. The van der Waals surface area contributed by atoms with Gasteiger partial charge >= 0.3 is 14.0 Å². The van der Waals surface area contributed by atoms with E-state index in [-0.39, 0.29) is 11.5 Å². The van der Waals surface area contributed by atoms with Crippen molar-refractivity contribution < 1.29 is 33.6 Å². The van der Waals surface area contributed by atoms with E-state index >= 15 is 0 Å². The lowest BCUT2D eigenvalue weighted by Gasteiger charge is -2.08. The third kappa shape index (κ3) is 13.5. The smallest absolute Gasteiger partial charge is 0.375 e. The van der Waals surface area contributed by atoms with Crippen LogP contribution in [0.2, 0.25) is 0 Å². The molecule has 1 aromatic heterocycles. The number of carboxylic acid groups (broad SMARTS) is 1. The number of aliphatic imine (C=N–C) groups is 1. The highest BCUT2D eigenvalue weighted by Gasteiger charge is 2.05. The van der Waals surface area contributed by atoms with E-state index in [1.165, 1.54) is 30.9 Å². The Morgan fingerprint density at radius 1 is 0.921 bits per heavy atom. The fourth-order valence-electron chi connectivity index (χ4n) is 2.85. The van der Waals surface area contributed by atoms with E-state index in [1.54, 1.807) is 24.3 Å². The van der Waals surface area contributed by atoms with Crippen LogP contribution in [0.1, 0.15) is 39.1 Å². The fraction of sp³-hybridized carbons (Fsp3) is 0.400. The van der Waals surface area contributed by atoms with E-state index in [9.17, 15) is 9.59 Å². The summed E-state index contributed by atoms with van der Waals surface area (Å²) < 4.78 is 20.5. The van der Waals surface area contributed by atoms with Crippen LogP contribution in [0, 0.1) is 0 Å². The molecule has 0 aliphatic carbocycles. The molecule has 0 saturated heterocycles. The first-order valence-electron chi connectivity index (χ1n) is 12.0. The molecule has 1 heterocycles. The first-order chi connectivity index (χ1) is 18.6. The number of carbonyl (C=O) groups is 2. The van der Waals surface area contributed by atoms with Crippen molar-refractivity contribution in [2.45, 2.75) is 12.8 Å². The van der Waals surface area contributed by atoms with Gasteiger partial charge in [-0.05, 0) is 42.7 Å². The van der Waals surface area contributed by atoms with Crippen molar-refractivity contribution in [3.63, 3.8) is 0 Å². The van der Waals surface area contributed by atoms with Crippen LogP contribution in [-0.2, 0) is 18.9 Å². The van der Waals surface area contributed by atoms with Gasteiger partial charge in [-0.25, -0.2) is 9.78 Å². The monoisotopic (exact) mass is 525 g/mol. The van der Waals surface area contributed by atoms with E-state index in [1.807, 2.05) is 0 Å². The molecule has 2 rings (SSSR count). The molecule has 0 unspecified atom stereocenters. The molecule has 0 spiro atoms. The van der Waals surface area contributed by atoms with Gasteiger partial charge in [0.05, 0.1) is 43.8 Å². The Morgan fingerprint density at radius 3 is 2.21 bits per heavy atom. The molecule has 38 heavy (non-hydrogen) atoms. The second-order valence-electron chi connectivity index (χ2n) is 7.68. The summed E-state index contributed by atoms with van der Waals surface area (Å²) in [6.45, 7) is 4.10. The molecule has 0 saturated carbocycles. The van der Waals surface area contributed by atoms with E-state index in [4.69, 9.17) is 27.4 Å². The number of hydrazone groups is 1. The van der Waals surface area contributed by atoms with Crippen molar-refractivity contribution in [1.29, 1.82) is 0 Å². The van der Waals surface area contributed by atoms with E-state index in [0.29, 0.717) is 70.5 Å². The second kappa shape index (κ2) is 19.3. The lowest BCUT2D eigenvalue weighted by Crippen LogP contribution is -2.25. The van der Waals surface area contributed by atoms with Crippen LogP contribution in [0.5, 0.6) is 0 Å². The molecule has 3 N–H and O–H groups in total. The van der Waals surface area contributed by atoms with Crippen molar-refractivity contribution in [3.8, 4) is 0 Å². The molecule has 2 aromatic rings. The van der Waals surface area contributed by atoms with Crippen molar-refractivity contribution in [1.82, 2.24) is 10.3 Å². The molecule has 1 amide bonds. The van der Waals surface area contributed by atoms with Crippen molar-refractivity contribution in [2.24, 2.45) is 10.1 Å². The summed E-state index contributed by atoms with van der Waals surface area (Å²) in [4.78, 5) is 31.2. The summed E-state index contributed by atoms with van der Waals surface area (Å²) in [5.74, 6) is -0.748. The average Bonchev–Trinajstić information content (AvgIpc) is 2.93. The second-order valence-corrected chi connectivity index (χ2v) is 7.68. The van der Waals surface area contributed by atoms with Crippen LogP contribution < -0.4 is 10.7 Å². The van der Waals surface area contributed by atoms with Gasteiger partial charge in [-0.3, -0.25) is 15.2 Å². The molecule has 0 aliphatic rings. The number of aromatic nitrogens is 1. The summed E-state index contributed by atoms with van der Waals surface area (Å²) in [5, 5.41) is 15.8. The quantitative estimate of drug-likeness (QED) is 0.0774. The molecule has 13 heteroatoms. The van der Waals surface area contributed by atoms with Crippen molar-refractivity contribution in [3.05, 3.63) is 59.3 Å². The minimum atomic E-state index is -0.984. The molecule has 0 aliphatic heterocycles. The number of rotatable bonds is 20. The first kappa shape index (κ1) is 30.4. The molecule has 12 nitrogen and oxygen atoms in total. The van der Waals surface area contributed by atoms with Gasteiger partial charge in [-0.2, -0.15) is 5.10 Å². The Bertz CT molecular complexity index is 1000. The number of anilines is 1. The summed E-state index contributed by atoms with van der Waals surface area (Å²) in [6, 6.07) is 9.57. The van der Waals surface area contributed by atoms with Crippen LogP contribution in [0.15, 0.2) is 52.7 Å². The van der Waals surface area contributed by atoms with Gasteiger partial charge in [0.15, 0.2) is 0 Å². The van der Waals surface area contributed by atoms with Crippen molar-refractivity contribution >= 4 is 38.4 Å². The minimum Gasteiger partial charge on any atom is -0.560 e. The maximum Gasteiger partial charge on any atom is 0.375 e. The normalized spacial score (nSPS) is 11.2. The highest BCUT2D eigenvalue weighted by molar-refractivity contribution is 6.02. The van der Waals surface area contributed by atoms with E-state index in [2.05, 4.69) is 30.5 Å². The fourth-order valence-corrected chi connectivity index (χ4v) is 2.85. The third-order valence-electron chi connectivity index (χ3n) is 4.78. The van der Waals surface area contributed by atoms with Crippen LogP contribution >= 0.6 is 0 Å². The lowest BCUT2D eigenvalue weighted by atomic mass is 10.1. The van der Waals surface area contributed by atoms with Crippen LogP contribution in [0.25, 0.3) is 0 Å². The number of hydrogen-bond donors (Lipinski definition) is 3. The molecule has 0 fully saturated rings. The van der Waals surface area contributed by atoms with Crippen molar-refractivity contribution in [2.75, 3.05) is 58.2 Å². The number of hydrogen-bond acceptors (Lipinski definition) is 10. The number of carbonyl (C=O) groups excluding carboxylic acids is 1. The van der Waals surface area contributed by atoms with E-state index in [0.717, 1.165) is 12.0 Å². The summed E-state index contributed by atoms with van der Waals surface area (Å²) in [6.07, 6.45) is 5.64. The molecular weight excluding hydrogens is 493 g/mol. The Kier molecular flexibility index (Phi) is 15.5. The molecular formula is C25H32BN5O7. The zero-order chi connectivity index (χ0) is 27.3. The number of nitrogens with zero attached hydrogens (tertiary/aromatic N) is 3. The molecule has 0 bridgehead atoms. The molecule has 202 valence electrons. The predicted molar refractivity (Wildman–Crippen MR) is 143 cm³/mol. The summed E-state index contributed by atoms with van der Waals surface area (Å²) in [5.41, 5.74) is 4.13. The zero-order valence-corrected chi connectivity index (χ0v) is 21.1. The number of benzene rings is 1. The molecule has 1 aromatic carbocycles. The number of ether oxygens (including phenoxy) is 3. The highest BCUT2D eigenvalue weighted by atomic mass is 16.5. The SMILES string of the molecule is [B]OC=NCCCOCCOCCOCCCNC(=O)c1ccc(N/N=C/c2ccc(C(=O)O)cc2)nc1. The van der Waals surface area contributed by atoms with Gasteiger partial charge in [-0.1, -0.05) is 12.1 Å². The lowest BCUT2D eigenvalue weighted by molar-refractivity contribution is 0.0141. The summed E-state index contributed by atoms with van der Waals surface area (Å²) >= 11 is 0. The van der Waals surface area contributed by atoms with Gasteiger partial charge in [0.1, 0.15) is 12.2 Å². The maximum atomic E-state index is 12.2. The van der Waals surface area contributed by atoms with Gasteiger partial charge in [0.25, 0.3) is 5.91 Å². The van der Waals surface area contributed by atoms with Gasteiger partial charge in [0.2, 0.25) is 0 Å². The Balaban J connectivity index is 1.48. The number of pyridine rings is 1. The molecule has 2 radical (unpaired) electrons. The minimum absolute atomic E-state index is 0.204. The topological polar surface area (TPSA) is 153 Å². The van der Waals surface area contributed by atoms with Crippen LogP contribution in [0.4, 0.5) is 5.82 Å². The number of carboxylic acids is 1. The largest absolute Gasteiger partial charge is 0.560 e. The summed E-state index contributed by atoms with van der Waals surface area (Å²) in [7, 11) is 4.81. The maximum absolute atomic E-state index is 12.2. The highest BCUT2D eigenvalue weighted by Crippen LogP contribution is 2.06. The Morgan fingerprint density at radius 2 is 1.58 bits per heavy atom. The predicted octanol–water partition coefficient (Wildman–Crippen LogP) is 1.91.